The van der Waals surface area contributed by atoms with Gasteiger partial charge in [0.2, 0.25) is 5.82 Å². The van der Waals surface area contributed by atoms with Crippen molar-refractivity contribution >= 4 is 23.0 Å². The fourth-order valence-electron chi connectivity index (χ4n) is 2.74. The van der Waals surface area contributed by atoms with Crippen molar-refractivity contribution in [2.24, 2.45) is 0 Å². The summed E-state index contributed by atoms with van der Waals surface area (Å²) in [7, 11) is 0. The molecule has 0 aliphatic heterocycles. The van der Waals surface area contributed by atoms with Gasteiger partial charge in [-0.15, -0.1) is 0 Å². The van der Waals surface area contributed by atoms with E-state index in [9.17, 15) is 9.59 Å². The second kappa shape index (κ2) is 6.05. The Balaban J connectivity index is 1.70. The largest absolute Gasteiger partial charge is 0.347 e. The highest BCUT2D eigenvalue weighted by molar-refractivity contribution is 6.09. The van der Waals surface area contributed by atoms with Crippen molar-refractivity contribution in [2.45, 2.75) is 25.8 Å². The third kappa shape index (κ3) is 2.98. The third-order valence-electron chi connectivity index (χ3n) is 4.27. The highest BCUT2D eigenvalue weighted by Crippen LogP contribution is 2.21. The third-order valence-corrected chi connectivity index (χ3v) is 4.27. The van der Waals surface area contributed by atoms with E-state index in [4.69, 9.17) is 0 Å². The molecule has 2 N–H and O–H groups in total. The van der Waals surface area contributed by atoms with E-state index >= 15 is 0 Å². The van der Waals surface area contributed by atoms with Crippen molar-refractivity contribution in [3.8, 4) is 0 Å². The average molecular weight is 334 g/mol. The van der Waals surface area contributed by atoms with Crippen molar-refractivity contribution in [3.63, 3.8) is 0 Å². The summed E-state index contributed by atoms with van der Waals surface area (Å²) in [5.74, 6) is -0.348. The Morgan fingerprint density at radius 2 is 1.84 bits per heavy atom. The molecule has 0 atom stereocenters. The van der Waals surface area contributed by atoms with Crippen molar-refractivity contribution in [1.29, 1.82) is 0 Å². The van der Waals surface area contributed by atoms with Gasteiger partial charge in [-0.2, -0.15) is 0 Å². The first-order valence-corrected chi connectivity index (χ1v) is 8.28. The highest BCUT2D eigenvalue weighted by Gasteiger charge is 2.27. The standard InChI is InChI=1S/C19H18N4O2/c1-12-6-2-3-7-14(12)21-18(24)16-15-8-4-5-11-23(15)17(22-16)19(25)20-13-9-10-13/h2-8,11,13H,9-10H2,1H3,(H,20,25)(H,21,24). The molecule has 0 bridgehead atoms. The van der Waals surface area contributed by atoms with E-state index in [-0.39, 0.29) is 29.4 Å². The zero-order valence-electron chi connectivity index (χ0n) is 13.8. The van der Waals surface area contributed by atoms with Gasteiger partial charge in [0, 0.05) is 17.9 Å². The van der Waals surface area contributed by atoms with E-state index in [1.54, 1.807) is 16.7 Å². The van der Waals surface area contributed by atoms with Gasteiger partial charge in [0.05, 0.1) is 5.52 Å². The molecule has 1 aliphatic carbocycles. The zero-order valence-corrected chi connectivity index (χ0v) is 13.8. The number of hydrogen-bond acceptors (Lipinski definition) is 3. The van der Waals surface area contributed by atoms with Gasteiger partial charge >= 0.3 is 0 Å². The van der Waals surface area contributed by atoms with Crippen LogP contribution in [0.3, 0.4) is 0 Å². The van der Waals surface area contributed by atoms with Gasteiger partial charge in [0.25, 0.3) is 11.8 Å². The fraction of sp³-hybridized carbons (Fsp3) is 0.211. The molecule has 2 amide bonds. The lowest BCUT2D eigenvalue weighted by atomic mass is 10.2. The number of benzene rings is 1. The molecule has 0 unspecified atom stereocenters. The predicted octanol–water partition coefficient (Wildman–Crippen LogP) is 2.79. The van der Waals surface area contributed by atoms with Gasteiger partial charge < -0.3 is 10.6 Å². The molecule has 6 heteroatoms. The lowest BCUT2D eigenvalue weighted by Gasteiger charge is -2.06. The van der Waals surface area contributed by atoms with Crippen LogP contribution in [0.2, 0.25) is 0 Å². The van der Waals surface area contributed by atoms with Crippen LogP contribution >= 0.6 is 0 Å². The molecule has 1 aliphatic rings. The Morgan fingerprint density at radius 3 is 2.60 bits per heavy atom. The maximum atomic E-state index is 12.7. The molecule has 25 heavy (non-hydrogen) atoms. The molecular weight excluding hydrogens is 316 g/mol. The van der Waals surface area contributed by atoms with E-state index in [1.807, 2.05) is 43.3 Å². The number of imidazole rings is 1. The van der Waals surface area contributed by atoms with Crippen LogP contribution in [-0.4, -0.2) is 27.2 Å². The minimum absolute atomic E-state index is 0.229. The number of rotatable bonds is 4. The van der Waals surface area contributed by atoms with Gasteiger partial charge in [-0.25, -0.2) is 4.98 Å². The number of carbonyl (C=O) groups is 2. The normalized spacial score (nSPS) is 13.6. The molecule has 2 aromatic heterocycles. The van der Waals surface area contributed by atoms with Crippen LogP contribution in [0.15, 0.2) is 48.7 Å². The van der Waals surface area contributed by atoms with Crippen molar-refractivity contribution < 1.29 is 9.59 Å². The maximum absolute atomic E-state index is 12.7. The van der Waals surface area contributed by atoms with Gasteiger partial charge in [-0.1, -0.05) is 24.3 Å². The summed E-state index contributed by atoms with van der Waals surface area (Å²) in [6.45, 7) is 1.93. The Morgan fingerprint density at radius 1 is 1.08 bits per heavy atom. The number of carbonyl (C=O) groups excluding carboxylic acids is 2. The van der Waals surface area contributed by atoms with Gasteiger partial charge in [0.1, 0.15) is 0 Å². The summed E-state index contributed by atoms with van der Waals surface area (Å²) in [6.07, 6.45) is 3.74. The van der Waals surface area contributed by atoms with Crippen LogP contribution in [0.5, 0.6) is 0 Å². The molecular formula is C19H18N4O2. The van der Waals surface area contributed by atoms with Gasteiger partial charge in [-0.05, 0) is 43.5 Å². The average Bonchev–Trinajstić information content (AvgIpc) is 3.33. The Bertz CT molecular complexity index is 972. The molecule has 1 aromatic carbocycles. The summed E-state index contributed by atoms with van der Waals surface area (Å²) < 4.78 is 1.66. The lowest BCUT2D eigenvalue weighted by Crippen LogP contribution is -2.27. The number of nitrogens with one attached hydrogen (secondary N) is 2. The van der Waals surface area contributed by atoms with Crippen molar-refractivity contribution in [2.75, 3.05) is 5.32 Å². The minimum atomic E-state index is -0.330. The summed E-state index contributed by atoms with van der Waals surface area (Å²) in [5, 5.41) is 5.80. The second-order valence-electron chi connectivity index (χ2n) is 6.26. The summed E-state index contributed by atoms with van der Waals surface area (Å²) in [5.41, 5.74) is 2.54. The Kier molecular flexibility index (Phi) is 3.72. The molecule has 4 rings (SSSR count). The number of aryl methyl sites for hydroxylation is 1. The van der Waals surface area contributed by atoms with Gasteiger partial charge in [0.15, 0.2) is 5.69 Å². The molecule has 0 spiro atoms. The molecule has 6 nitrogen and oxygen atoms in total. The molecule has 126 valence electrons. The van der Waals surface area contributed by atoms with Crippen LogP contribution in [0, 0.1) is 6.92 Å². The molecule has 2 heterocycles. The number of nitrogens with zero attached hydrogens (tertiary/aromatic N) is 2. The van der Waals surface area contributed by atoms with Gasteiger partial charge in [-0.3, -0.25) is 14.0 Å². The SMILES string of the molecule is Cc1ccccc1NC(=O)c1nc(C(=O)NC2CC2)n2ccccc12. The van der Waals surface area contributed by atoms with E-state index in [0.29, 0.717) is 5.52 Å². The van der Waals surface area contributed by atoms with Crippen molar-refractivity contribution in [1.82, 2.24) is 14.7 Å². The predicted molar refractivity (Wildman–Crippen MR) is 94.8 cm³/mol. The van der Waals surface area contributed by atoms with Crippen LogP contribution in [0.4, 0.5) is 5.69 Å². The first-order chi connectivity index (χ1) is 12.1. The second-order valence-corrected chi connectivity index (χ2v) is 6.26. The van der Waals surface area contributed by atoms with E-state index in [0.717, 1.165) is 24.1 Å². The zero-order chi connectivity index (χ0) is 17.4. The molecule has 1 fully saturated rings. The monoisotopic (exact) mass is 334 g/mol. The molecule has 0 radical (unpaired) electrons. The number of para-hydroxylation sites is 1. The van der Waals surface area contributed by atoms with Crippen LogP contribution in [-0.2, 0) is 0 Å². The van der Waals surface area contributed by atoms with Crippen LogP contribution < -0.4 is 10.6 Å². The van der Waals surface area contributed by atoms with E-state index in [2.05, 4.69) is 15.6 Å². The minimum Gasteiger partial charge on any atom is -0.347 e. The number of amides is 2. The first-order valence-electron chi connectivity index (χ1n) is 8.28. The van der Waals surface area contributed by atoms with E-state index in [1.165, 1.54) is 0 Å². The number of hydrogen-bond donors (Lipinski definition) is 2. The first kappa shape index (κ1) is 15.4. The number of anilines is 1. The lowest BCUT2D eigenvalue weighted by molar-refractivity contribution is 0.0940. The van der Waals surface area contributed by atoms with Crippen LogP contribution in [0.1, 0.15) is 39.5 Å². The smallest absolute Gasteiger partial charge is 0.287 e. The topological polar surface area (TPSA) is 75.5 Å². The summed E-state index contributed by atoms with van der Waals surface area (Å²) in [4.78, 5) is 29.5. The number of pyridine rings is 1. The van der Waals surface area contributed by atoms with Crippen LogP contribution in [0.25, 0.3) is 5.52 Å². The maximum Gasteiger partial charge on any atom is 0.287 e. The summed E-state index contributed by atoms with van der Waals surface area (Å²) in [6, 6.07) is 13.2. The Hall–Kier alpha value is -3.15. The molecule has 3 aromatic rings. The summed E-state index contributed by atoms with van der Waals surface area (Å²) >= 11 is 0. The Labute approximate surface area is 144 Å². The van der Waals surface area contributed by atoms with E-state index < -0.39 is 0 Å². The fourth-order valence-corrected chi connectivity index (χ4v) is 2.74. The number of aromatic nitrogens is 2. The quantitative estimate of drug-likeness (QED) is 0.770. The van der Waals surface area contributed by atoms with Crippen molar-refractivity contribution in [3.05, 3.63) is 65.7 Å². The molecule has 1 saturated carbocycles. The molecule has 0 saturated heterocycles. The number of fused-ring (bicyclic) bond motifs is 1. The highest BCUT2D eigenvalue weighted by atomic mass is 16.2.